The van der Waals surface area contributed by atoms with Gasteiger partial charge in [0.15, 0.2) is 5.13 Å². The molecule has 144 valence electrons. The highest BCUT2D eigenvalue weighted by Gasteiger charge is 2.43. The third-order valence-corrected chi connectivity index (χ3v) is 6.27. The van der Waals surface area contributed by atoms with Gasteiger partial charge in [-0.05, 0) is 51.0 Å². The summed E-state index contributed by atoms with van der Waals surface area (Å²) in [6, 6.07) is 10.8. The minimum Gasteiger partial charge on any atom is -0.444 e. The van der Waals surface area contributed by atoms with Gasteiger partial charge in [-0.15, -0.1) is 0 Å². The van der Waals surface area contributed by atoms with Crippen LogP contribution in [0.1, 0.15) is 33.6 Å². The van der Waals surface area contributed by atoms with E-state index in [1.807, 2.05) is 37.9 Å². The van der Waals surface area contributed by atoms with Crippen molar-refractivity contribution in [3.05, 3.63) is 36.5 Å². The van der Waals surface area contributed by atoms with Gasteiger partial charge < -0.3 is 15.0 Å². The molecule has 0 spiro atoms. The summed E-state index contributed by atoms with van der Waals surface area (Å²) >= 11 is 1.71. The fraction of sp³-hybridized carbons (Fsp3) is 0.524. The molecule has 1 saturated carbocycles. The van der Waals surface area contributed by atoms with Crippen LogP contribution >= 0.6 is 11.3 Å². The molecule has 1 amide bonds. The largest absolute Gasteiger partial charge is 0.444 e. The highest BCUT2D eigenvalue weighted by molar-refractivity contribution is 7.18. The van der Waals surface area contributed by atoms with Gasteiger partial charge in [-0.3, -0.25) is 0 Å². The first-order valence-electron chi connectivity index (χ1n) is 9.63. The second-order valence-electron chi connectivity index (χ2n) is 8.61. The summed E-state index contributed by atoms with van der Waals surface area (Å²) in [4.78, 5) is 19.9. The molecule has 1 aliphatic heterocycles. The Bertz CT molecular complexity index is 785. The molecule has 6 heteroatoms. The molecule has 3 atom stereocenters. The van der Waals surface area contributed by atoms with Gasteiger partial charge >= 0.3 is 6.09 Å². The predicted octanol–water partition coefficient (Wildman–Crippen LogP) is 4.87. The van der Waals surface area contributed by atoms with E-state index in [2.05, 4.69) is 34.6 Å². The van der Waals surface area contributed by atoms with E-state index in [9.17, 15) is 4.79 Å². The van der Waals surface area contributed by atoms with Gasteiger partial charge in [0.25, 0.3) is 0 Å². The van der Waals surface area contributed by atoms with Gasteiger partial charge in [0, 0.05) is 25.3 Å². The van der Waals surface area contributed by atoms with Crippen LogP contribution in [0, 0.1) is 11.8 Å². The Morgan fingerprint density at radius 2 is 1.85 bits per heavy atom. The van der Waals surface area contributed by atoms with Gasteiger partial charge in [0.1, 0.15) is 5.60 Å². The normalized spacial score (nSPS) is 24.7. The molecule has 1 aliphatic carbocycles. The molecule has 1 aromatic heterocycles. The third kappa shape index (κ3) is 4.26. The molecule has 2 aromatic rings. The van der Waals surface area contributed by atoms with Gasteiger partial charge in [-0.1, -0.05) is 41.7 Å². The number of hydrogen-bond donors (Lipinski definition) is 1. The van der Waals surface area contributed by atoms with Crippen LogP contribution in [-0.2, 0) is 4.74 Å². The predicted molar refractivity (Wildman–Crippen MR) is 109 cm³/mol. The van der Waals surface area contributed by atoms with Crippen molar-refractivity contribution in [3.63, 3.8) is 0 Å². The fourth-order valence-corrected chi connectivity index (χ4v) is 5.04. The average Bonchev–Trinajstić information content (AvgIpc) is 3.29. The van der Waals surface area contributed by atoms with Crippen LogP contribution in [-0.4, -0.2) is 40.7 Å². The number of likely N-dealkylation sites (tertiary alicyclic amines) is 1. The highest BCUT2D eigenvalue weighted by Crippen LogP contribution is 2.40. The summed E-state index contributed by atoms with van der Waals surface area (Å²) in [5.41, 5.74) is 0.777. The lowest BCUT2D eigenvalue weighted by atomic mass is 10.0. The summed E-state index contributed by atoms with van der Waals surface area (Å²) in [6.07, 6.45) is 3.95. The summed E-state index contributed by atoms with van der Waals surface area (Å²) in [5, 5.41) is 4.60. The summed E-state index contributed by atoms with van der Waals surface area (Å²) in [7, 11) is 0. The number of amides is 1. The van der Waals surface area contributed by atoms with Crippen molar-refractivity contribution in [3.8, 4) is 10.4 Å². The molecule has 1 N–H and O–H groups in total. The first-order chi connectivity index (χ1) is 12.9. The molecule has 27 heavy (non-hydrogen) atoms. The van der Waals surface area contributed by atoms with Crippen molar-refractivity contribution in [2.75, 3.05) is 18.4 Å². The number of fused-ring (bicyclic) bond motifs is 1. The standard InChI is InChI=1S/C21H27N3O2S/c1-21(2,3)26-20(25)24-12-15-9-17(10-16(15)13-24)23-19-22-11-18(27-19)14-7-5-4-6-8-14/h4-8,11,15-17H,9-10,12-13H2,1-3H3,(H,22,23)/t15-,16+,17+. The molecule has 5 nitrogen and oxygen atoms in total. The Hall–Kier alpha value is -2.08. The topological polar surface area (TPSA) is 54.5 Å². The van der Waals surface area contributed by atoms with E-state index >= 15 is 0 Å². The SMILES string of the molecule is CC(C)(C)OC(=O)N1C[C@H]2C[C@H](Nc3ncc(-c4ccccc4)s3)C[C@H]2C1. The van der Waals surface area contributed by atoms with Gasteiger partial charge in [-0.2, -0.15) is 0 Å². The number of carbonyl (C=O) groups excluding carboxylic acids is 1. The fourth-order valence-electron chi connectivity index (χ4n) is 4.14. The molecular weight excluding hydrogens is 358 g/mol. The van der Waals surface area contributed by atoms with Crippen LogP contribution in [0.2, 0.25) is 0 Å². The minimum absolute atomic E-state index is 0.172. The number of aromatic nitrogens is 1. The maximum atomic E-state index is 12.3. The van der Waals surface area contributed by atoms with Crippen molar-refractivity contribution >= 4 is 22.6 Å². The number of hydrogen-bond acceptors (Lipinski definition) is 5. The van der Waals surface area contributed by atoms with E-state index in [4.69, 9.17) is 4.74 Å². The zero-order valence-corrected chi connectivity index (χ0v) is 17.0. The second-order valence-corrected chi connectivity index (χ2v) is 9.64. The Labute approximate surface area is 164 Å². The maximum absolute atomic E-state index is 12.3. The van der Waals surface area contributed by atoms with Crippen molar-refractivity contribution in [1.29, 1.82) is 0 Å². The zero-order chi connectivity index (χ0) is 19.0. The Balaban J connectivity index is 1.31. The van der Waals surface area contributed by atoms with E-state index in [-0.39, 0.29) is 6.09 Å². The molecule has 0 bridgehead atoms. The molecule has 0 radical (unpaired) electrons. The smallest absolute Gasteiger partial charge is 0.410 e. The Morgan fingerprint density at radius 3 is 2.48 bits per heavy atom. The van der Waals surface area contributed by atoms with Crippen molar-refractivity contribution < 1.29 is 9.53 Å². The first-order valence-corrected chi connectivity index (χ1v) is 10.4. The molecule has 2 aliphatic rings. The molecule has 4 rings (SSSR count). The van der Waals surface area contributed by atoms with Gasteiger partial charge in [-0.25, -0.2) is 9.78 Å². The lowest BCUT2D eigenvalue weighted by Gasteiger charge is -2.25. The number of nitrogens with one attached hydrogen (secondary N) is 1. The number of nitrogens with zero attached hydrogens (tertiary/aromatic N) is 2. The molecule has 2 fully saturated rings. The zero-order valence-electron chi connectivity index (χ0n) is 16.1. The van der Waals surface area contributed by atoms with Crippen molar-refractivity contribution in [2.24, 2.45) is 11.8 Å². The quantitative estimate of drug-likeness (QED) is 0.819. The van der Waals surface area contributed by atoms with Crippen LogP contribution in [0.4, 0.5) is 9.93 Å². The van der Waals surface area contributed by atoms with Crippen molar-refractivity contribution in [2.45, 2.75) is 45.3 Å². The van der Waals surface area contributed by atoms with E-state index in [0.717, 1.165) is 31.1 Å². The Morgan fingerprint density at radius 1 is 1.19 bits per heavy atom. The number of ether oxygens (including phenoxy) is 1. The van der Waals surface area contributed by atoms with Gasteiger partial charge in [0.2, 0.25) is 0 Å². The lowest BCUT2D eigenvalue weighted by molar-refractivity contribution is 0.0280. The second kappa shape index (κ2) is 7.15. The molecule has 2 heterocycles. The lowest BCUT2D eigenvalue weighted by Crippen LogP contribution is -2.36. The van der Waals surface area contributed by atoms with Crippen LogP contribution < -0.4 is 5.32 Å². The van der Waals surface area contributed by atoms with Crippen molar-refractivity contribution in [1.82, 2.24) is 9.88 Å². The van der Waals surface area contributed by atoms with Crippen LogP contribution in [0.15, 0.2) is 36.5 Å². The van der Waals surface area contributed by atoms with E-state index < -0.39 is 5.60 Å². The van der Waals surface area contributed by atoms with Gasteiger partial charge in [0.05, 0.1) is 4.88 Å². The first kappa shape index (κ1) is 18.3. The number of carbonyl (C=O) groups is 1. The minimum atomic E-state index is -0.430. The molecule has 1 aromatic carbocycles. The van der Waals surface area contributed by atoms with Crippen LogP contribution in [0.5, 0.6) is 0 Å². The highest BCUT2D eigenvalue weighted by atomic mass is 32.1. The van der Waals surface area contributed by atoms with Crippen LogP contribution in [0.25, 0.3) is 10.4 Å². The maximum Gasteiger partial charge on any atom is 0.410 e. The summed E-state index contributed by atoms with van der Waals surface area (Å²) in [5.74, 6) is 1.12. The number of thiazole rings is 1. The number of anilines is 1. The summed E-state index contributed by atoms with van der Waals surface area (Å²) in [6.45, 7) is 7.37. The number of benzene rings is 1. The number of rotatable bonds is 3. The molecule has 0 unspecified atom stereocenters. The van der Waals surface area contributed by atoms with E-state index in [1.165, 1.54) is 10.4 Å². The van der Waals surface area contributed by atoms with E-state index in [1.54, 1.807) is 11.3 Å². The molecule has 1 saturated heterocycles. The third-order valence-electron chi connectivity index (χ3n) is 5.29. The Kier molecular flexibility index (Phi) is 4.84. The summed E-state index contributed by atoms with van der Waals surface area (Å²) < 4.78 is 5.52. The van der Waals surface area contributed by atoms with E-state index in [0.29, 0.717) is 17.9 Å². The monoisotopic (exact) mass is 385 g/mol. The van der Waals surface area contributed by atoms with Crippen LogP contribution in [0.3, 0.4) is 0 Å². The molecular formula is C21H27N3O2S. The average molecular weight is 386 g/mol.